The Balaban J connectivity index is 0.915. The lowest BCUT2D eigenvalue weighted by Gasteiger charge is -2.36. The summed E-state index contributed by atoms with van der Waals surface area (Å²) in [5.74, 6) is 0.953. The number of carbonyl (C=O) groups excluding carboxylic acids is 1. The highest BCUT2D eigenvalue weighted by Crippen LogP contribution is 2.43. The van der Waals surface area contributed by atoms with Gasteiger partial charge < -0.3 is 40.7 Å². The monoisotopic (exact) mass is 679 g/mol. The van der Waals surface area contributed by atoms with Gasteiger partial charge >= 0.3 is 0 Å². The number of carbonyl (C=O) groups is 1. The van der Waals surface area contributed by atoms with Crippen molar-refractivity contribution in [1.82, 2.24) is 20.6 Å². The summed E-state index contributed by atoms with van der Waals surface area (Å²) in [5.41, 5.74) is 1.81. The van der Waals surface area contributed by atoms with Gasteiger partial charge in [0.05, 0.1) is 17.8 Å². The Morgan fingerprint density at radius 2 is 1.74 bits per heavy atom. The summed E-state index contributed by atoms with van der Waals surface area (Å²) in [6.45, 7) is 1.87. The van der Waals surface area contributed by atoms with E-state index in [0.717, 1.165) is 36.8 Å². The quantitative estimate of drug-likeness (QED) is 0.0750. The Labute approximate surface area is 290 Å². The van der Waals surface area contributed by atoms with Gasteiger partial charge in [0.2, 0.25) is 17.4 Å². The number of aromatic amines is 1. The molecule has 50 heavy (non-hydrogen) atoms. The van der Waals surface area contributed by atoms with E-state index in [1.165, 1.54) is 18.6 Å². The lowest BCUT2D eigenvalue weighted by molar-refractivity contribution is -0.116. The van der Waals surface area contributed by atoms with Crippen molar-refractivity contribution in [3.8, 4) is 5.75 Å². The molecule has 2 aromatic heterocycles. The Morgan fingerprint density at radius 1 is 0.960 bits per heavy atom. The van der Waals surface area contributed by atoms with Crippen molar-refractivity contribution >= 4 is 22.5 Å². The van der Waals surface area contributed by atoms with Gasteiger partial charge in [-0.2, -0.15) is 0 Å². The molecule has 0 aliphatic heterocycles. The fourth-order valence-corrected chi connectivity index (χ4v) is 6.83. The van der Waals surface area contributed by atoms with E-state index >= 15 is 0 Å². The van der Waals surface area contributed by atoms with Gasteiger partial charge in [0, 0.05) is 62.1 Å². The minimum Gasteiger partial charge on any atom is -0.506 e. The molecule has 1 fully saturated rings. The lowest BCUT2D eigenvalue weighted by atomic mass is 9.73. The second kappa shape index (κ2) is 16.3. The topological polar surface area (TPSA) is 173 Å². The van der Waals surface area contributed by atoms with Crippen molar-refractivity contribution < 1.29 is 24.5 Å². The van der Waals surface area contributed by atoms with Gasteiger partial charge in [-0.15, -0.1) is 0 Å². The van der Waals surface area contributed by atoms with Crippen LogP contribution in [0.4, 0.5) is 5.69 Å². The van der Waals surface area contributed by atoms with Crippen LogP contribution in [0.15, 0.2) is 94.3 Å². The van der Waals surface area contributed by atoms with Gasteiger partial charge in [-0.3, -0.25) is 9.59 Å². The zero-order valence-electron chi connectivity index (χ0n) is 28.0. The number of aliphatic hydroxyl groups excluding tert-OH is 1. The molecule has 3 aromatic carbocycles. The van der Waals surface area contributed by atoms with Crippen LogP contribution in [-0.4, -0.2) is 50.8 Å². The van der Waals surface area contributed by atoms with Crippen LogP contribution < -0.4 is 21.5 Å². The number of hydrogen-bond donors (Lipinski definition) is 7. The van der Waals surface area contributed by atoms with Gasteiger partial charge in [0.25, 0.3) is 0 Å². The van der Waals surface area contributed by atoms with Crippen LogP contribution >= 0.6 is 0 Å². The number of anilines is 1. The molecule has 11 nitrogen and oxygen atoms in total. The normalized spacial score (nSPS) is 15.5. The number of benzene rings is 3. The molecule has 7 N–H and O–H groups in total. The molecule has 1 aliphatic carbocycles. The number of phenols is 1. The third-order valence-electron chi connectivity index (χ3n) is 9.54. The van der Waals surface area contributed by atoms with E-state index in [4.69, 9.17) is 4.42 Å². The largest absolute Gasteiger partial charge is 0.506 e. The van der Waals surface area contributed by atoms with E-state index in [1.807, 2.05) is 54.6 Å². The summed E-state index contributed by atoms with van der Waals surface area (Å²) in [6.07, 6.45) is 6.98. The summed E-state index contributed by atoms with van der Waals surface area (Å²) in [4.78, 5) is 31.4. The number of rotatable bonds is 15. The van der Waals surface area contributed by atoms with Crippen molar-refractivity contribution in [2.45, 2.75) is 63.2 Å². The molecule has 1 aliphatic rings. The number of hydrogen-bond acceptors (Lipinski definition) is 9. The van der Waals surface area contributed by atoms with Gasteiger partial charge in [-0.05, 0) is 53.8 Å². The number of oxazole rings is 1. The van der Waals surface area contributed by atoms with Crippen molar-refractivity contribution in [1.29, 1.82) is 0 Å². The van der Waals surface area contributed by atoms with Crippen LogP contribution in [0.1, 0.15) is 73.0 Å². The van der Waals surface area contributed by atoms with Crippen LogP contribution in [0.3, 0.4) is 0 Å². The highest BCUT2D eigenvalue weighted by Gasteiger charge is 2.44. The molecule has 1 unspecified atom stereocenters. The fraction of sp³-hybridized carbons (Fsp3) is 0.359. The van der Waals surface area contributed by atoms with Crippen LogP contribution in [-0.2, 0) is 23.4 Å². The molecule has 11 heteroatoms. The van der Waals surface area contributed by atoms with Crippen LogP contribution in [0.25, 0.3) is 10.9 Å². The third kappa shape index (κ3) is 8.31. The molecule has 0 radical (unpaired) electrons. The maximum Gasteiger partial charge on any atom is 0.248 e. The first-order valence-corrected chi connectivity index (χ1v) is 17.4. The molecule has 262 valence electrons. The number of phenolic OH excluding ortho intramolecular Hbond substituents is 1. The van der Waals surface area contributed by atoms with Gasteiger partial charge in [-0.1, -0.05) is 67.8 Å². The van der Waals surface area contributed by atoms with Crippen LogP contribution in [0.5, 0.6) is 5.75 Å². The summed E-state index contributed by atoms with van der Waals surface area (Å²) < 4.78 is 6.14. The van der Waals surface area contributed by atoms with Crippen LogP contribution in [0, 0.1) is 5.92 Å². The summed E-state index contributed by atoms with van der Waals surface area (Å²) in [5, 5.41) is 42.9. The highest BCUT2D eigenvalue weighted by atomic mass is 16.4. The number of amides is 1. The number of nitrogens with zero attached hydrogens (tertiary/aromatic N) is 1. The Morgan fingerprint density at radius 3 is 2.52 bits per heavy atom. The minimum absolute atomic E-state index is 0.0503. The predicted octanol–water partition coefficient (Wildman–Crippen LogP) is 5.02. The molecule has 2 atom stereocenters. The summed E-state index contributed by atoms with van der Waals surface area (Å²) >= 11 is 0. The van der Waals surface area contributed by atoms with Gasteiger partial charge in [-0.25, -0.2) is 4.98 Å². The van der Waals surface area contributed by atoms with E-state index in [9.17, 15) is 24.9 Å². The van der Waals surface area contributed by atoms with E-state index in [0.29, 0.717) is 66.3 Å². The zero-order chi connectivity index (χ0) is 34.9. The van der Waals surface area contributed by atoms with Crippen molar-refractivity contribution in [2.24, 2.45) is 5.92 Å². The SMILES string of the molecule is O=C(CCNCCc1cnc([C@](O)(c2ccccc2)C2CCCCC2)o1)Nc1ccc(CNCC(O)c2ccc(O)c3[nH]c(=O)ccc23)cc1. The van der Waals surface area contributed by atoms with E-state index < -0.39 is 11.7 Å². The minimum atomic E-state index is -1.25. The number of aliphatic hydroxyl groups is 2. The Hall–Kier alpha value is -4.81. The molecule has 5 aromatic rings. The summed E-state index contributed by atoms with van der Waals surface area (Å²) in [7, 11) is 0. The molecule has 1 saturated carbocycles. The smallest absolute Gasteiger partial charge is 0.248 e. The average molecular weight is 680 g/mol. The Bertz CT molecular complexity index is 1920. The zero-order valence-corrected chi connectivity index (χ0v) is 28.0. The molecular weight excluding hydrogens is 634 g/mol. The number of aromatic nitrogens is 2. The molecule has 0 saturated heterocycles. The molecule has 0 bridgehead atoms. The van der Waals surface area contributed by atoms with Gasteiger partial charge in [0.15, 0.2) is 5.60 Å². The van der Waals surface area contributed by atoms with Crippen LogP contribution in [0.2, 0.25) is 0 Å². The number of aromatic hydroxyl groups is 1. The van der Waals surface area contributed by atoms with Crippen molar-refractivity contribution in [2.75, 3.05) is 25.0 Å². The Kier molecular flexibility index (Phi) is 11.4. The lowest BCUT2D eigenvalue weighted by Crippen LogP contribution is -2.38. The number of H-pyrrole nitrogens is 1. The third-order valence-corrected chi connectivity index (χ3v) is 9.54. The number of nitrogens with one attached hydrogen (secondary N) is 4. The second-order valence-electron chi connectivity index (χ2n) is 13.0. The predicted molar refractivity (Wildman–Crippen MR) is 192 cm³/mol. The standard InChI is InChI=1S/C39H45N5O6/c45-33-17-15-31(32-16-18-35(47)44-37(32)33)34(46)25-41-23-26-11-13-29(14-12-26)43-36(48)20-22-40-21-19-30-24-42-38(50-30)39(49,27-7-3-1-4-8-27)28-9-5-2-6-10-28/h1,3-4,7-8,11-18,24,28,34,40-41,45-46,49H,2,5-6,9-10,19-23,25H2,(H,43,48)(H,44,47)/t34?,39-/m0/s1. The first-order chi connectivity index (χ1) is 24.3. The van der Waals surface area contributed by atoms with Crippen molar-refractivity contribution in [3.05, 3.63) is 124 Å². The molecule has 0 spiro atoms. The fourth-order valence-electron chi connectivity index (χ4n) is 6.83. The first-order valence-electron chi connectivity index (χ1n) is 17.4. The van der Waals surface area contributed by atoms with Gasteiger partial charge in [0.1, 0.15) is 11.5 Å². The van der Waals surface area contributed by atoms with E-state index in [-0.39, 0.29) is 29.7 Å². The highest BCUT2D eigenvalue weighted by molar-refractivity contribution is 5.90. The summed E-state index contributed by atoms with van der Waals surface area (Å²) in [6, 6.07) is 23.3. The molecular formula is C39H45N5O6. The number of pyridine rings is 1. The molecule has 6 rings (SSSR count). The first kappa shape index (κ1) is 35.0. The second-order valence-corrected chi connectivity index (χ2v) is 13.0. The maximum atomic E-state index is 12.6. The number of fused-ring (bicyclic) bond motifs is 1. The van der Waals surface area contributed by atoms with E-state index in [1.54, 1.807) is 18.3 Å². The molecule has 2 heterocycles. The van der Waals surface area contributed by atoms with E-state index in [2.05, 4.69) is 25.9 Å². The van der Waals surface area contributed by atoms with Crippen molar-refractivity contribution in [3.63, 3.8) is 0 Å². The maximum absolute atomic E-state index is 12.6. The molecule has 1 amide bonds. The average Bonchev–Trinajstić information content (AvgIpc) is 3.62.